The summed E-state index contributed by atoms with van der Waals surface area (Å²) in [6.45, 7) is 7.35. The van der Waals surface area contributed by atoms with Crippen molar-refractivity contribution >= 4 is 22.7 Å². The predicted octanol–water partition coefficient (Wildman–Crippen LogP) is 3.30. The summed E-state index contributed by atoms with van der Waals surface area (Å²) in [7, 11) is 2.16. The van der Waals surface area contributed by atoms with Crippen LogP contribution in [0, 0.1) is 6.92 Å². The second-order valence-electron chi connectivity index (χ2n) is 4.79. The van der Waals surface area contributed by atoms with Crippen molar-refractivity contribution in [3.05, 3.63) is 38.5 Å². The summed E-state index contributed by atoms with van der Waals surface area (Å²) in [5.74, 6) is 0. The first kappa shape index (κ1) is 14.7. The van der Waals surface area contributed by atoms with Crippen molar-refractivity contribution in [1.29, 1.82) is 0 Å². The number of nitrogens with one attached hydrogen (secondary N) is 1. The maximum Gasteiger partial charge on any atom is 0.0798 e. The van der Waals surface area contributed by atoms with Gasteiger partial charge in [-0.05, 0) is 32.3 Å². The largest absolute Gasteiger partial charge is 0.308 e. The van der Waals surface area contributed by atoms with Gasteiger partial charge in [-0.25, -0.2) is 4.98 Å². The van der Waals surface area contributed by atoms with Crippen LogP contribution in [0.2, 0.25) is 0 Å². The highest BCUT2D eigenvalue weighted by atomic mass is 32.1. The summed E-state index contributed by atoms with van der Waals surface area (Å²) >= 11 is 3.56. The summed E-state index contributed by atoms with van der Waals surface area (Å²) in [6.07, 6.45) is 0. The van der Waals surface area contributed by atoms with Crippen LogP contribution in [0.1, 0.15) is 28.4 Å². The molecule has 104 valence electrons. The summed E-state index contributed by atoms with van der Waals surface area (Å²) in [4.78, 5) is 9.40. The van der Waals surface area contributed by atoms with Gasteiger partial charge in [-0.15, -0.1) is 22.7 Å². The molecule has 3 nitrogen and oxygen atoms in total. The molecule has 1 N–H and O–H groups in total. The molecule has 0 aliphatic heterocycles. The van der Waals surface area contributed by atoms with Crippen LogP contribution in [0.5, 0.6) is 0 Å². The summed E-state index contributed by atoms with van der Waals surface area (Å²) < 4.78 is 0. The Hall–Kier alpha value is -0.750. The fourth-order valence-corrected chi connectivity index (χ4v) is 3.53. The topological polar surface area (TPSA) is 28.2 Å². The van der Waals surface area contributed by atoms with Gasteiger partial charge in [0.05, 0.1) is 11.2 Å². The molecule has 0 amide bonds. The van der Waals surface area contributed by atoms with E-state index >= 15 is 0 Å². The second kappa shape index (κ2) is 7.14. The van der Waals surface area contributed by atoms with Gasteiger partial charge >= 0.3 is 0 Å². The minimum Gasteiger partial charge on any atom is -0.308 e. The number of hydrogen-bond acceptors (Lipinski definition) is 5. The van der Waals surface area contributed by atoms with Crippen molar-refractivity contribution in [2.45, 2.75) is 26.4 Å². The molecular formula is C14H21N3S2. The number of hydrogen-bond donors (Lipinski definition) is 1. The van der Waals surface area contributed by atoms with E-state index in [1.165, 1.54) is 9.75 Å². The molecule has 2 aromatic heterocycles. The van der Waals surface area contributed by atoms with Crippen molar-refractivity contribution in [3.8, 4) is 0 Å². The highest BCUT2D eigenvalue weighted by Gasteiger charge is 2.08. The Morgan fingerprint density at radius 2 is 2.26 bits per heavy atom. The van der Waals surface area contributed by atoms with Crippen LogP contribution in [0.25, 0.3) is 0 Å². The lowest BCUT2D eigenvalue weighted by atomic mass is 10.3. The minimum absolute atomic E-state index is 0.443. The van der Waals surface area contributed by atoms with Gasteiger partial charge in [-0.1, -0.05) is 6.07 Å². The highest BCUT2D eigenvalue weighted by molar-refractivity contribution is 7.10. The first-order valence-corrected chi connectivity index (χ1v) is 8.27. The van der Waals surface area contributed by atoms with Crippen molar-refractivity contribution in [3.63, 3.8) is 0 Å². The average molecular weight is 295 g/mol. The van der Waals surface area contributed by atoms with Crippen molar-refractivity contribution < 1.29 is 0 Å². The number of rotatable bonds is 7. The number of thiophene rings is 1. The predicted molar refractivity (Wildman–Crippen MR) is 83.9 cm³/mol. The van der Waals surface area contributed by atoms with Gasteiger partial charge < -0.3 is 5.32 Å². The third-order valence-corrected chi connectivity index (χ3v) is 5.15. The molecule has 0 fully saturated rings. The van der Waals surface area contributed by atoms with Crippen LogP contribution < -0.4 is 5.32 Å². The molecule has 2 aromatic rings. The van der Waals surface area contributed by atoms with Crippen LogP contribution >= 0.6 is 22.7 Å². The molecule has 1 unspecified atom stereocenters. The number of nitrogens with zero attached hydrogens (tertiary/aromatic N) is 2. The van der Waals surface area contributed by atoms with Crippen LogP contribution in [0.4, 0.5) is 0 Å². The van der Waals surface area contributed by atoms with Gasteiger partial charge in [0.2, 0.25) is 0 Å². The van der Waals surface area contributed by atoms with Crippen molar-refractivity contribution in [2.75, 3.05) is 20.1 Å². The summed E-state index contributed by atoms with van der Waals surface area (Å²) in [5, 5.41) is 5.70. The zero-order valence-electron chi connectivity index (χ0n) is 11.7. The van der Waals surface area contributed by atoms with Gasteiger partial charge in [-0.2, -0.15) is 0 Å². The molecule has 0 aliphatic carbocycles. The molecule has 0 saturated heterocycles. The second-order valence-corrected chi connectivity index (χ2v) is 6.71. The van der Waals surface area contributed by atoms with E-state index < -0.39 is 0 Å². The van der Waals surface area contributed by atoms with E-state index in [9.17, 15) is 0 Å². The van der Waals surface area contributed by atoms with E-state index in [4.69, 9.17) is 0 Å². The minimum atomic E-state index is 0.443. The Labute approximate surface area is 123 Å². The first-order chi connectivity index (χ1) is 9.16. The quantitative estimate of drug-likeness (QED) is 0.849. The van der Waals surface area contributed by atoms with E-state index in [-0.39, 0.29) is 0 Å². The van der Waals surface area contributed by atoms with Gasteiger partial charge in [0, 0.05) is 35.4 Å². The molecule has 0 radical (unpaired) electrons. The SMILES string of the molecule is Cc1ncsc1CN(C)CCNC(C)c1cccs1. The standard InChI is InChI=1S/C14H21N3S2/c1-11(13-5-4-8-18-13)15-6-7-17(3)9-14-12(2)16-10-19-14/h4-5,8,10-11,15H,6-7,9H2,1-3H3. The molecule has 2 rings (SSSR count). The number of aryl methyl sites for hydroxylation is 1. The lowest BCUT2D eigenvalue weighted by molar-refractivity contribution is 0.321. The smallest absolute Gasteiger partial charge is 0.0798 e. The van der Waals surface area contributed by atoms with Crippen LogP contribution in [0.3, 0.4) is 0 Å². The molecule has 1 atom stereocenters. The van der Waals surface area contributed by atoms with Crippen LogP contribution in [-0.2, 0) is 6.54 Å². The highest BCUT2D eigenvalue weighted by Crippen LogP contribution is 2.18. The third kappa shape index (κ3) is 4.38. The molecular weight excluding hydrogens is 274 g/mol. The molecule has 0 bridgehead atoms. The Balaban J connectivity index is 1.69. The monoisotopic (exact) mass is 295 g/mol. The lowest BCUT2D eigenvalue weighted by Gasteiger charge is -2.18. The van der Waals surface area contributed by atoms with Crippen LogP contribution in [0.15, 0.2) is 23.0 Å². The number of thiazole rings is 1. The maximum atomic E-state index is 4.29. The van der Waals surface area contributed by atoms with E-state index in [2.05, 4.69) is 53.6 Å². The molecule has 0 aliphatic rings. The zero-order valence-corrected chi connectivity index (χ0v) is 13.4. The van der Waals surface area contributed by atoms with E-state index in [1.54, 1.807) is 11.3 Å². The maximum absolute atomic E-state index is 4.29. The Kier molecular flexibility index (Phi) is 5.51. The molecule has 0 aromatic carbocycles. The summed E-state index contributed by atoms with van der Waals surface area (Å²) in [6, 6.07) is 4.74. The average Bonchev–Trinajstić information content (AvgIpc) is 3.02. The van der Waals surface area contributed by atoms with E-state index in [0.717, 1.165) is 25.3 Å². The molecule has 2 heterocycles. The van der Waals surface area contributed by atoms with E-state index in [1.807, 2.05) is 16.8 Å². The summed E-state index contributed by atoms with van der Waals surface area (Å²) in [5.41, 5.74) is 3.09. The van der Waals surface area contributed by atoms with E-state index in [0.29, 0.717) is 6.04 Å². The Morgan fingerprint density at radius 1 is 1.42 bits per heavy atom. The Bertz CT molecular complexity index is 479. The van der Waals surface area contributed by atoms with Gasteiger partial charge in [0.25, 0.3) is 0 Å². The van der Waals surface area contributed by atoms with Crippen molar-refractivity contribution in [1.82, 2.24) is 15.2 Å². The van der Waals surface area contributed by atoms with Gasteiger partial charge in [-0.3, -0.25) is 4.90 Å². The number of likely N-dealkylation sites (N-methyl/N-ethyl adjacent to an activating group) is 1. The third-order valence-electron chi connectivity index (χ3n) is 3.17. The molecule has 5 heteroatoms. The fraction of sp³-hybridized carbons (Fsp3) is 0.500. The Morgan fingerprint density at radius 3 is 2.89 bits per heavy atom. The molecule has 0 spiro atoms. The normalized spacial score (nSPS) is 13.1. The molecule has 0 saturated carbocycles. The zero-order chi connectivity index (χ0) is 13.7. The molecule has 19 heavy (non-hydrogen) atoms. The number of aromatic nitrogens is 1. The fourth-order valence-electron chi connectivity index (χ4n) is 1.91. The van der Waals surface area contributed by atoms with Crippen LogP contribution in [-0.4, -0.2) is 30.0 Å². The van der Waals surface area contributed by atoms with Gasteiger partial charge in [0.1, 0.15) is 0 Å². The van der Waals surface area contributed by atoms with Crippen molar-refractivity contribution in [2.24, 2.45) is 0 Å². The van der Waals surface area contributed by atoms with Gasteiger partial charge in [0.15, 0.2) is 0 Å². The lowest BCUT2D eigenvalue weighted by Crippen LogP contribution is -2.30. The first-order valence-electron chi connectivity index (χ1n) is 6.51.